The molecule has 10 nitrogen and oxygen atoms in total. The van der Waals surface area contributed by atoms with E-state index in [2.05, 4.69) is 18.7 Å². The summed E-state index contributed by atoms with van der Waals surface area (Å²) in [5.41, 5.74) is -1.12. The summed E-state index contributed by atoms with van der Waals surface area (Å²) in [6.07, 6.45) is -9.76. The molecule has 0 saturated heterocycles. The van der Waals surface area contributed by atoms with Crippen molar-refractivity contribution in [3.8, 4) is 11.5 Å². The second-order valence-electron chi connectivity index (χ2n) is 8.30. The smallest absolute Gasteiger partial charge is 0.412 e. The maximum Gasteiger partial charge on any atom is 0.412 e. The number of carbonyl (C=O) groups excluding carboxylic acids is 2. The zero-order chi connectivity index (χ0) is 29.8. The Morgan fingerprint density at radius 2 is 1.67 bits per heavy atom. The highest BCUT2D eigenvalue weighted by atomic mass is 31.2. The van der Waals surface area contributed by atoms with Crippen LogP contribution < -0.4 is 9.62 Å². The lowest BCUT2D eigenvalue weighted by Gasteiger charge is -2.26. The summed E-state index contributed by atoms with van der Waals surface area (Å²) in [6, 6.07) is 0. The number of cyclic esters (lactones) is 1. The van der Waals surface area contributed by atoms with Gasteiger partial charge in [0.2, 0.25) is 0 Å². The Morgan fingerprint density at radius 3 is 2.13 bits per heavy atom. The molecule has 1 aliphatic rings. The van der Waals surface area contributed by atoms with Gasteiger partial charge < -0.3 is 19.1 Å². The highest BCUT2D eigenvalue weighted by Crippen LogP contribution is 2.57. The van der Waals surface area contributed by atoms with E-state index in [9.17, 15) is 45.8 Å². The van der Waals surface area contributed by atoms with Crippen LogP contribution >= 0.6 is 7.60 Å². The molecule has 220 valence electrons. The van der Waals surface area contributed by atoms with Gasteiger partial charge in [0.25, 0.3) is 0 Å². The summed E-state index contributed by atoms with van der Waals surface area (Å²) >= 11 is 0. The largest absolute Gasteiger partial charge is 0.496 e. The highest BCUT2D eigenvalue weighted by molar-refractivity contribution is 7.55. The van der Waals surface area contributed by atoms with Crippen molar-refractivity contribution < 1.29 is 73.9 Å². The number of ether oxygens (including phenoxy) is 3. The molecule has 1 heterocycles. The van der Waals surface area contributed by atoms with E-state index in [1.54, 1.807) is 6.92 Å². The zero-order valence-corrected chi connectivity index (χ0v) is 21.9. The van der Waals surface area contributed by atoms with E-state index in [4.69, 9.17) is 9.47 Å². The van der Waals surface area contributed by atoms with Crippen molar-refractivity contribution in [2.45, 2.75) is 51.3 Å². The SMILES string of the molecule is COC(=O)C(CC(C)=CCc1c(OC)c(C)c2c(c1OO)C(=O)OC2)P(=O)(OCC(F)(F)F)OCC(F)(F)F. The third kappa shape index (κ3) is 8.10. The fourth-order valence-electron chi connectivity index (χ4n) is 3.78. The van der Waals surface area contributed by atoms with Gasteiger partial charge in [0.05, 0.1) is 14.2 Å². The summed E-state index contributed by atoms with van der Waals surface area (Å²) in [5, 5.41) is 9.48. The van der Waals surface area contributed by atoms with Crippen LogP contribution in [0.5, 0.6) is 11.5 Å². The molecule has 39 heavy (non-hydrogen) atoms. The first-order chi connectivity index (χ1) is 18.0. The van der Waals surface area contributed by atoms with Crippen molar-refractivity contribution in [1.82, 2.24) is 0 Å². The number of hydrogen-bond acceptors (Lipinski definition) is 10. The molecule has 17 heteroatoms. The van der Waals surface area contributed by atoms with Crippen molar-refractivity contribution in [2.75, 3.05) is 27.4 Å². The van der Waals surface area contributed by atoms with E-state index in [-0.39, 0.29) is 41.2 Å². The van der Waals surface area contributed by atoms with Crippen LogP contribution in [0.1, 0.15) is 40.4 Å². The Bertz CT molecular complexity index is 1140. The van der Waals surface area contributed by atoms with E-state index in [0.717, 1.165) is 7.11 Å². The van der Waals surface area contributed by atoms with E-state index in [1.165, 1.54) is 20.1 Å². The monoisotopic (exact) mass is 594 g/mol. The normalized spacial score (nSPS) is 15.1. The Morgan fingerprint density at radius 1 is 1.10 bits per heavy atom. The number of methoxy groups -OCH3 is 2. The standard InChI is InChI=1S/C22H25F6O10P/c1-11(5-6-13-17(33-3)12(2)14-8-35-20(30)16(14)18(13)38-31)7-15(19(29)34-4)39(32,36-9-21(23,24)25)37-10-22(26,27)28/h5,15,31H,6-10H2,1-4H3. The third-order valence-corrected chi connectivity index (χ3v) is 7.69. The number of rotatable bonds is 12. The lowest BCUT2D eigenvalue weighted by atomic mass is 9.94. The lowest BCUT2D eigenvalue weighted by Crippen LogP contribution is -2.29. The fourth-order valence-corrected chi connectivity index (χ4v) is 5.74. The third-order valence-electron chi connectivity index (χ3n) is 5.56. The van der Waals surface area contributed by atoms with Gasteiger partial charge in [0, 0.05) is 11.1 Å². The topological polar surface area (TPSA) is 127 Å². The minimum absolute atomic E-state index is 0.0603. The Hall–Kier alpha value is -2.81. The number of fused-ring (bicyclic) bond motifs is 1. The number of hydrogen-bond donors (Lipinski definition) is 1. The summed E-state index contributed by atoms with van der Waals surface area (Å²) < 4.78 is 113. The molecule has 0 bridgehead atoms. The van der Waals surface area contributed by atoms with Crippen molar-refractivity contribution in [1.29, 1.82) is 0 Å². The predicted molar refractivity (Wildman–Crippen MR) is 120 cm³/mol. The molecule has 0 aromatic heterocycles. The number of allylic oxidation sites excluding steroid dienone is 2. The Kier molecular flexibility index (Phi) is 10.4. The van der Waals surface area contributed by atoms with Crippen molar-refractivity contribution in [3.05, 3.63) is 33.9 Å². The second kappa shape index (κ2) is 12.6. The number of benzene rings is 1. The van der Waals surface area contributed by atoms with Crippen molar-refractivity contribution in [2.24, 2.45) is 0 Å². The first-order valence-electron chi connectivity index (χ1n) is 10.9. The van der Waals surface area contributed by atoms with E-state index < -0.39 is 57.2 Å². The number of carbonyl (C=O) groups is 2. The first-order valence-corrected chi connectivity index (χ1v) is 12.6. The van der Waals surface area contributed by atoms with E-state index >= 15 is 0 Å². The van der Waals surface area contributed by atoms with Crippen molar-refractivity contribution >= 4 is 19.5 Å². The molecular weight excluding hydrogens is 569 g/mol. The number of halogens is 6. The molecule has 0 amide bonds. The molecule has 0 fully saturated rings. The van der Waals surface area contributed by atoms with Gasteiger partial charge in [-0.15, -0.1) is 0 Å². The van der Waals surface area contributed by atoms with Gasteiger partial charge in [-0.05, 0) is 32.3 Å². The highest BCUT2D eigenvalue weighted by Gasteiger charge is 2.47. The van der Waals surface area contributed by atoms with E-state index in [0.29, 0.717) is 11.1 Å². The molecule has 1 unspecified atom stereocenters. The second-order valence-corrected chi connectivity index (χ2v) is 10.5. The van der Waals surface area contributed by atoms with Crippen LogP contribution in [0.3, 0.4) is 0 Å². The molecule has 0 aliphatic carbocycles. The fraction of sp³-hybridized carbons (Fsp3) is 0.545. The molecule has 1 atom stereocenters. The molecule has 2 rings (SSSR count). The van der Waals surface area contributed by atoms with Gasteiger partial charge in [-0.1, -0.05) is 11.6 Å². The van der Waals surface area contributed by atoms with Crippen LogP contribution in [0.25, 0.3) is 0 Å². The lowest BCUT2D eigenvalue weighted by molar-refractivity contribution is -0.167. The van der Waals surface area contributed by atoms with Crippen LogP contribution in [0.4, 0.5) is 26.3 Å². The van der Waals surface area contributed by atoms with Gasteiger partial charge in [0.15, 0.2) is 24.6 Å². The molecule has 1 aromatic rings. The molecule has 0 radical (unpaired) electrons. The molecule has 0 spiro atoms. The van der Waals surface area contributed by atoms with Crippen molar-refractivity contribution in [3.63, 3.8) is 0 Å². The first kappa shape index (κ1) is 32.4. The van der Waals surface area contributed by atoms with Crippen LogP contribution in [0.15, 0.2) is 11.6 Å². The molecule has 0 saturated carbocycles. The molecule has 1 aromatic carbocycles. The number of alkyl halides is 6. The van der Waals surface area contributed by atoms with E-state index in [1.807, 2.05) is 0 Å². The van der Waals surface area contributed by atoms with Crippen LogP contribution in [-0.2, 0) is 40.9 Å². The Labute approximate surface area is 218 Å². The number of esters is 2. The summed E-state index contributed by atoms with van der Waals surface area (Å²) in [4.78, 5) is 29.0. The summed E-state index contributed by atoms with van der Waals surface area (Å²) in [5.74, 6) is -2.32. The van der Waals surface area contributed by atoms with Crippen LogP contribution in [-0.4, -0.2) is 62.6 Å². The van der Waals surface area contributed by atoms with Gasteiger partial charge in [-0.3, -0.25) is 18.4 Å². The minimum Gasteiger partial charge on any atom is -0.496 e. The zero-order valence-electron chi connectivity index (χ0n) is 21.0. The summed E-state index contributed by atoms with van der Waals surface area (Å²) in [7, 11) is -3.32. The average molecular weight is 594 g/mol. The summed E-state index contributed by atoms with van der Waals surface area (Å²) in [6.45, 7) is -1.67. The molecule has 1 N–H and O–H groups in total. The minimum atomic E-state index is -5.41. The van der Waals surface area contributed by atoms with Gasteiger partial charge >= 0.3 is 31.9 Å². The maximum absolute atomic E-state index is 13.1. The van der Waals surface area contributed by atoms with Gasteiger partial charge in [0.1, 0.15) is 17.9 Å². The molecular formula is C22H25F6O10P. The average Bonchev–Trinajstić information content (AvgIpc) is 3.24. The van der Waals surface area contributed by atoms with Crippen LogP contribution in [0, 0.1) is 6.92 Å². The van der Waals surface area contributed by atoms with Crippen LogP contribution in [0.2, 0.25) is 0 Å². The maximum atomic E-state index is 13.1. The molecule has 1 aliphatic heterocycles. The Balaban J connectivity index is 2.46. The predicted octanol–water partition coefficient (Wildman–Crippen LogP) is 5.30. The quantitative estimate of drug-likeness (QED) is 0.0851. The van der Waals surface area contributed by atoms with Gasteiger partial charge in [-0.2, -0.15) is 26.3 Å². The van der Waals surface area contributed by atoms with Gasteiger partial charge in [-0.25, -0.2) is 10.1 Å².